The van der Waals surface area contributed by atoms with Crippen LogP contribution in [0.2, 0.25) is 0 Å². The van der Waals surface area contributed by atoms with Gasteiger partial charge in [-0.15, -0.1) is 0 Å². The molecule has 1 heterocycles. The van der Waals surface area contributed by atoms with Crippen LogP contribution in [0.4, 0.5) is 13.2 Å². The van der Waals surface area contributed by atoms with Gasteiger partial charge in [0.25, 0.3) is 0 Å². The molecular formula is C34H35F3N4O5. The first kappa shape index (κ1) is 32.5. The van der Waals surface area contributed by atoms with Gasteiger partial charge in [0.2, 0.25) is 23.6 Å². The molecule has 46 heavy (non-hydrogen) atoms. The third-order valence-electron chi connectivity index (χ3n) is 7.79. The molecule has 242 valence electrons. The van der Waals surface area contributed by atoms with Crippen LogP contribution in [0.3, 0.4) is 0 Å². The fraction of sp³-hybridized carbons (Fsp3) is 0.353. The van der Waals surface area contributed by atoms with Gasteiger partial charge in [0.1, 0.15) is 36.2 Å². The topological polar surface area (TPSA) is 126 Å². The highest BCUT2D eigenvalue weighted by Crippen LogP contribution is 2.29. The summed E-state index contributed by atoms with van der Waals surface area (Å²) in [4.78, 5) is 53.4. The lowest BCUT2D eigenvalue weighted by atomic mass is 10.0. The quantitative estimate of drug-likeness (QED) is 0.315. The first-order chi connectivity index (χ1) is 22.0. The van der Waals surface area contributed by atoms with Crippen molar-refractivity contribution < 1.29 is 37.1 Å². The highest BCUT2D eigenvalue weighted by atomic mass is 19.4. The van der Waals surface area contributed by atoms with E-state index in [-0.39, 0.29) is 31.1 Å². The van der Waals surface area contributed by atoms with E-state index in [1.807, 2.05) is 35.6 Å². The van der Waals surface area contributed by atoms with E-state index in [0.717, 1.165) is 18.4 Å². The van der Waals surface area contributed by atoms with Crippen molar-refractivity contribution in [1.29, 1.82) is 0 Å². The SMILES string of the molecule is O=C(N[C@H]1Cc2cccc(c2)Oc2cccc(c2)C[C@@H](C(=O)NCC(F)(F)F)NC(=O)[C@H](CCc2ccccc2)NC1=O)C1CC1. The van der Waals surface area contributed by atoms with E-state index in [9.17, 15) is 32.3 Å². The van der Waals surface area contributed by atoms with Gasteiger partial charge in [-0.25, -0.2) is 0 Å². The normalized spacial score (nSPS) is 20.5. The molecule has 9 nitrogen and oxygen atoms in total. The number of benzene rings is 3. The molecule has 3 atom stereocenters. The number of nitrogens with one attached hydrogen (secondary N) is 4. The van der Waals surface area contributed by atoms with Crippen molar-refractivity contribution in [3.05, 3.63) is 95.6 Å². The summed E-state index contributed by atoms with van der Waals surface area (Å²) in [6.45, 7) is -1.58. The number of aryl methyl sites for hydroxylation is 1. The lowest BCUT2D eigenvalue weighted by Gasteiger charge is -2.26. The number of rotatable bonds is 7. The van der Waals surface area contributed by atoms with E-state index in [2.05, 4.69) is 16.0 Å². The van der Waals surface area contributed by atoms with Crippen LogP contribution in [0.25, 0.3) is 0 Å². The van der Waals surface area contributed by atoms with E-state index in [1.165, 1.54) is 0 Å². The summed E-state index contributed by atoms with van der Waals surface area (Å²) in [6, 6.07) is 19.4. The van der Waals surface area contributed by atoms with Gasteiger partial charge in [-0.3, -0.25) is 19.2 Å². The van der Waals surface area contributed by atoms with Crippen LogP contribution in [0, 0.1) is 5.92 Å². The summed E-state index contributed by atoms with van der Waals surface area (Å²) in [5.41, 5.74) is 2.13. The molecule has 2 aliphatic rings. The van der Waals surface area contributed by atoms with Gasteiger partial charge in [-0.1, -0.05) is 54.6 Å². The van der Waals surface area contributed by atoms with Crippen molar-refractivity contribution in [2.24, 2.45) is 5.92 Å². The van der Waals surface area contributed by atoms with E-state index < -0.39 is 48.6 Å². The number of carbonyl (C=O) groups is 4. The van der Waals surface area contributed by atoms with Crippen molar-refractivity contribution in [1.82, 2.24) is 21.3 Å². The fourth-order valence-corrected chi connectivity index (χ4v) is 5.21. The molecule has 0 radical (unpaired) electrons. The average Bonchev–Trinajstić information content (AvgIpc) is 3.87. The maximum Gasteiger partial charge on any atom is 0.405 e. The summed E-state index contributed by atoms with van der Waals surface area (Å²) >= 11 is 0. The number of hydrogen-bond donors (Lipinski definition) is 4. The summed E-state index contributed by atoms with van der Waals surface area (Å²) in [5.74, 6) is -1.96. The molecule has 0 spiro atoms. The first-order valence-electron chi connectivity index (χ1n) is 15.2. The molecule has 0 aromatic heterocycles. The van der Waals surface area contributed by atoms with E-state index in [0.29, 0.717) is 29.0 Å². The Labute approximate surface area is 264 Å². The van der Waals surface area contributed by atoms with Crippen LogP contribution < -0.4 is 26.0 Å². The van der Waals surface area contributed by atoms with Gasteiger partial charge in [0.05, 0.1) is 0 Å². The third-order valence-corrected chi connectivity index (χ3v) is 7.79. The molecule has 3 aromatic rings. The van der Waals surface area contributed by atoms with Gasteiger partial charge in [-0.2, -0.15) is 13.2 Å². The predicted molar refractivity (Wildman–Crippen MR) is 163 cm³/mol. The molecule has 12 heteroatoms. The zero-order chi connectivity index (χ0) is 32.7. The molecule has 0 saturated heterocycles. The second-order valence-electron chi connectivity index (χ2n) is 11.6. The molecule has 0 unspecified atom stereocenters. The molecule has 5 rings (SSSR count). The smallest absolute Gasteiger partial charge is 0.405 e. The van der Waals surface area contributed by atoms with Crippen LogP contribution in [-0.4, -0.2) is 54.5 Å². The van der Waals surface area contributed by atoms with Crippen molar-refractivity contribution in [2.75, 3.05) is 6.54 Å². The Bertz CT molecular complexity index is 1560. The van der Waals surface area contributed by atoms with E-state index in [4.69, 9.17) is 4.74 Å². The van der Waals surface area contributed by atoms with Gasteiger partial charge >= 0.3 is 6.18 Å². The summed E-state index contributed by atoms with van der Waals surface area (Å²) < 4.78 is 45.0. The Morgan fingerprint density at radius 3 is 2.09 bits per heavy atom. The van der Waals surface area contributed by atoms with Gasteiger partial charge in [0.15, 0.2) is 0 Å². The maximum atomic E-state index is 13.8. The molecule has 1 fully saturated rings. The standard InChI is InChI=1S/C34H35F3N4O5/c35-34(36,37)20-38-31(43)28-18-22-8-4-10-25(16-22)46-26-11-5-9-23(17-26)19-29(40-30(42)24-13-14-24)33(45)39-27(32(44)41-28)15-12-21-6-2-1-3-7-21/h1-11,16-17,24,27-29H,12-15,18-20H2,(H,38,43)(H,39,45)(H,40,42)(H,41,44)/t27-,28-,29-/m0/s1. The summed E-state index contributed by atoms with van der Waals surface area (Å²) in [5, 5.41) is 10.0. The van der Waals surface area contributed by atoms with Crippen molar-refractivity contribution in [2.45, 2.75) is 62.8 Å². The first-order valence-corrected chi connectivity index (χ1v) is 15.2. The number of fused-ring (bicyclic) bond motifs is 4. The Morgan fingerprint density at radius 1 is 0.804 bits per heavy atom. The lowest BCUT2D eigenvalue weighted by Crippen LogP contribution is -2.58. The van der Waals surface area contributed by atoms with Crippen LogP contribution in [0.15, 0.2) is 78.9 Å². The average molecular weight is 637 g/mol. The van der Waals surface area contributed by atoms with Crippen molar-refractivity contribution in [3.8, 4) is 11.5 Å². The Hall–Kier alpha value is -4.87. The minimum atomic E-state index is -4.66. The molecule has 4 bridgehead atoms. The maximum absolute atomic E-state index is 13.8. The number of carbonyl (C=O) groups excluding carboxylic acids is 4. The van der Waals surface area contributed by atoms with Crippen molar-refractivity contribution >= 4 is 23.6 Å². The number of amides is 4. The number of ether oxygens (including phenoxy) is 1. The third kappa shape index (κ3) is 9.56. The molecule has 1 saturated carbocycles. The molecular weight excluding hydrogens is 601 g/mol. The second kappa shape index (κ2) is 14.5. The fourth-order valence-electron chi connectivity index (χ4n) is 5.21. The molecule has 4 amide bonds. The minimum Gasteiger partial charge on any atom is -0.457 e. The predicted octanol–water partition coefficient (Wildman–Crippen LogP) is 3.75. The van der Waals surface area contributed by atoms with Crippen LogP contribution in [-0.2, 0) is 38.4 Å². The summed E-state index contributed by atoms with van der Waals surface area (Å²) in [7, 11) is 0. The number of alkyl halides is 3. The lowest BCUT2D eigenvalue weighted by molar-refractivity contribution is -0.141. The zero-order valence-electron chi connectivity index (χ0n) is 24.9. The number of hydrogen-bond acceptors (Lipinski definition) is 5. The highest BCUT2D eigenvalue weighted by Gasteiger charge is 2.35. The molecule has 1 aliphatic carbocycles. The Balaban J connectivity index is 1.49. The van der Waals surface area contributed by atoms with E-state index >= 15 is 0 Å². The van der Waals surface area contributed by atoms with Crippen LogP contribution >= 0.6 is 0 Å². The Morgan fingerprint density at radius 2 is 1.46 bits per heavy atom. The number of halogens is 3. The van der Waals surface area contributed by atoms with Crippen LogP contribution in [0.1, 0.15) is 36.0 Å². The molecule has 1 aliphatic heterocycles. The minimum absolute atomic E-state index is 0.108. The van der Waals surface area contributed by atoms with E-state index in [1.54, 1.807) is 48.5 Å². The Kier molecular flexibility index (Phi) is 10.2. The summed E-state index contributed by atoms with van der Waals surface area (Å²) in [6.07, 6.45) is -2.74. The monoisotopic (exact) mass is 636 g/mol. The molecule has 3 aromatic carbocycles. The zero-order valence-corrected chi connectivity index (χ0v) is 24.9. The highest BCUT2D eigenvalue weighted by molar-refractivity contribution is 5.95. The van der Waals surface area contributed by atoms with Gasteiger partial charge in [0, 0.05) is 18.8 Å². The van der Waals surface area contributed by atoms with Crippen LogP contribution in [0.5, 0.6) is 11.5 Å². The van der Waals surface area contributed by atoms with Gasteiger partial charge in [-0.05, 0) is 66.6 Å². The molecule has 4 N–H and O–H groups in total. The largest absolute Gasteiger partial charge is 0.457 e. The van der Waals surface area contributed by atoms with Crippen molar-refractivity contribution in [3.63, 3.8) is 0 Å². The van der Waals surface area contributed by atoms with Gasteiger partial charge < -0.3 is 26.0 Å². The second-order valence-corrected chi connectivity index (χ2v) is 11.6.